The Labute approximate surface area is 110 Å². The Hall–Kier alpha value is -0.610. The van der Waals surface area contributed by atoms with Gasteiger partial charge >= 0.3 is 0 Å². The summed E-state index contributed by atoms with van der Waals surface area (Å²) in [6, 6.07) is 0.269. The highest BCUT2D eigenvalue weighted by Crippen LogP contribution is 2.27. The molecule has 0 aromatic rings. The molecular formula is C14H27N3O. The predicted octanol–water partition coefficient (Wildman–Crippen LogP) is 0.914. The molecule has 2 heterocycles. The van der Waals surface area contributed by atoms with Gasteiger partial charge in [0.05, 0.1) is 0 Å². The average molecular weight is 253 g/mol. The molecule has 0 bridgehead atoms. The van der Waals surface area contributed by atoms with Gasteiger partial charge in [-0.15, -0.1) is 0 Å². The van der Waals surface area contributed by atoms with E-state index in [-0.39, 0.29) is 12.0 Å². The monoisotopic (exact) mass is 253 g/mol. The average Bonchev–Trinajstić information content (AvgIpc) is 2.38. The van der Waals surface area contributed by atoms with Gasteiger partial charge in [0, 0.05) is 25.0 Å². The Morgan fingerprint density at radius 2 is 1.89 bits per heavy atom. The van der Waals surface area contributed by atoms with Crippen LogP contribution >= 0.6 is 0 Å². The second-order valence-corrected chi connectivity index (χ2v) is 6.03. The van der Waals surface area contributed by atoms with Crippen molar-refractivity contribution in [3.05, 3.63) is 0 Å². The van der Waals surface area contributed by atoms with Crippen LogP contribution in [0.25, 0.3) is 0 Å². The molecule has 104 valence electrons. The molecule has 2 N–H and O–H groups in total. The number of carbonyl (C=O) groups is 1. The predicted molar refractivity (Wildman–Crippen MR) is 73.2 cm³/mol. The Morgan fingerprint density at radius 3 is 2.50 bits per heavy atom. The van der Waals surface area contributed by atoms with Gasteiger partial charge in [-0.05, 0) is 51.7 Å². The molecule has 4 heteroatoms. The lowest BCUT2D eigenvalue weighted by molar-refractivity contribution is -0.142. The topological polar surface area (TPSA) is 49.6 Å². The first kappa shape index (κ1) is 13.8. The van der Waals surface area contributed by atoms with Gasteiger partial charge in [0.25, 0.3) is 0 Å². The highest BCUT2D eigenvalue weighted by Gasteiger charge is 2.35. The summed E-state index contributed by atoms with van der Waals surface area (Å²) in [6.07, 6.45) is 4.37. The van der Waals surface area contributed by atoms with Crippen molar-refractivity contribution in [2.45, 2.75) is 38.6 Å². The van der Waals surface area contributed by atoms with E-state index in [1.165, 1.54) is 6.42 Å². The smallest absolute Gasteiger partial charge is 0.226 e. The molecule has 2 rings (SSSR count). The molecule has 0 radical (unpaired) electrons. The molecular weight excluding hydrogens is 226 g/mol. The number of rotatable bonds is 2. The van der Waals surface area contributed by atoms with Crippen molar-refractivity contribution in [2.75, 3.05) is 33.2 Å². The summed E-state index contributed by atoms with van der Waals surface area (Å²) in [5.74, 6) is 1.16. The number of carbonyl (C=O) groups excluding carboxylic acids is 1. The molecule has 0 aromatic heterocycles. The molecule has 2 fully saturated rings. The van der Waals surface area contributed by atoms with Gasteiger partial charge in [-0.25, -0.2) is 0 Å². The quantitative estimate of drug-likeness (QED) is 0.796. The molecule has 2 atom stereocenters. The standard InChI is InChI=1S/C14H27N3O/c1-11-4-3-7-17(13(11)10-15)14(18)12-5-8-16(2)9-6-12/h11-13H,3-10,15H2,1-2H3. The molecule has 2 saturated heterocycles. The van der Waals surface area contributed by atoms with Crippen molar-refractivity contribution < 1.29 is 4.79 Å². The molecule has 4 nitrogen and oxygen atoms in total. The first-order valence-corrected chi connectivity index (χ1v) is 7.32. The van der Waals surface area contributed by atoms with Crippen LogP contribution in [0.4, 0.5) is 0 Å². The second-order valence-electron chi connectivity index (χ2n) is 6.03. The number of nitrogens with two attached hydrogens (primary N) is 1. The van der Waals surface area contributed by atoms with Crippen LogP contribution in [0.15, 0.2) is 0 Å². The van der Waals surface area contributed by atoms with Crippen LogP contribution in [0.5, 0.6) is 0 Å². The molecule has 2 aliphatic rings. The first-order valence-electron chi connectivity index (χ1n) is 7.32. The fourth-order valence-corrected chi connectivity index (χ4v) is 3.37. The van der Waals surface area contributed by atoms with Crippen LogP contribution in [0.2, 0.25) is 0 Å². The van der Waals surface area contributed by atoms with Crippen molar-refractivity contribution >= 4 is 5.91 Å². The Bertz CT molecular complexity index is 287. The van der Waals surface area contributed by atoms with E-state index in [4.69, 9.17) is 5.73 Å². The largest absolute Gasteiger partial charge is 0.338 e. The van der Waals surface area contributed by atoms with Gasteiger partial charge in [-0.1, -0.05) is 6.92 Å². The van der Waals surface area contributed by atoms with Crippen molar-refractivity contribution in [2.24, 2.45) is 17.6 Å². The van der Waals surface area contributed by atoms with Crippen LogP contribution in [-0.2, 0) is 4.79 Å². The lowest BCUT2D eigenvalue weighted by Crippen LogP contribution is -2.54. The van der Waals surface area contributed by atoms with E-state index in [2.05, 4.69) is 23.8 Å². The van der Waals surface area contributed by atoms with Crippen LogP contribution in [0, 0.1) is 11.8 Å². The van der Waals surface area contributed by atoms with Crippen molar-refractivity contribution in [3.63, 3.8) is 0 Å². The zero-order valence-electron chi connectivity index (χ0n) is 11.8. The minimum Gasteiger partial charge on any atom is -0.338 e. The van der Waals surface area contributed by atoms with E-state index in [1.807, 2.05) is 0 Å². The SMILES string of the molecule is CC1CCCN(C(=O)C2CCN(C)CC2)C1CN. The summed E-state index contributed by atoms with van der Waals surface area (Å²) in [5, 5.41) is 0. The molecule has 18 heavy (non-hydrogen) atoms. The van der Waals surface area contributed by atoms with Gasteiger partial charge in [0.2, 0.25) is 5.91 Å². The zero-order valence-corrected chi connectivity index (χ0v) is 11.8. The molecule has 0 aliphatic carbocycles. The van der Waals surface area contributed by atoms with Crippen LogP contribution in [0.1, 0.15) is 32.6 Å². The highest BCUT2D eigenvalue weighted by atomic mass is 16.2. The van der Waals surface area contributed by atoms with E-state index in [1.54, 1.807) is 0 Å². The third-order valence-electron chi connectivity index (χ3n) is 4.71. The van der Waals surface area contributed by atoms with Gasteiger partial charge in [-0.3, -0.25) is 4.79 Å². The van der Waals surface area contributed by atoms with Crippen LogP contribution in [-0.4, -0.2) is 55.0 Å². The maximum atomic E-state index is 12.6. The minimum atomic E-state index is 0.237. The van der Waals surface area contributed by atoms with E-state index < -0.39 is 0 Å². The zero-order chi connectivity index (χ0) is 13.1. The fourth-order valence-electron chi connectivity index (χ4n) is 3.37. The third kappa shape index (κ3) is 2.86. The summed E-state index contributed by atoms with van der Waals surface area (Å²) in [6.45, 7) is 5.85. The fraction of sp³-hybridized carbons (Fsp3) is 0.929. The van der Waals surface area contributed by atoms with Crippen LogP contribution < -0.4 is 5.73 Å². The second kappa shape index (κ2) is 6.02. The van der Waals surface area contributed by atoms with Gasteiger partial charge < -0.3 is 15.5 Å². The maximum Gasteiger partial charge on any atom is 0.226 e. The number of piperidine rings is 2. The van der Waals surface area contributed by atoms with Crippen LogP contribution in [0.3, 0.4) is 0 Å². The molecule has 2 unspecified atom stereocenters. The van der Waals surface area contributed by atoms with Crippen molar-refractivity contribution in [1.29, 1.82) is 0 Å². The number of hydrogen-bond acceptors (Lipinski definition) is 3. The number of amides is 1. The summed E-state index contributed by atoms with van der Waals surface area (Å²) in [7, 11) is 2.13. The lowest BCUT2D eigenvalue weighted by Gasteiger charge is -2.42. The molecule has 0 spiro atoms. The molecule has 2 aliphatic heterocycles. The normalized spacial score (nSPS) is 31.6. The third-order valence-corrected chi connectivity index (χ3v) is 4.71. The number of hydrogen-bond donors (Lipinski definition) is 1. The number of likely N-dealkylation sites (tertiary alicyclic amines) is 2. The van der Waals surface area contributed by atoms with E-state index in [0.717, 1.165) is 38.9 Å². The van der Waals surface area contributed by atoms with Gasteiger partial charge in [0.15, 0.2) is 0 Å². The van der Waals surface area contributed by atoms with E-state index in [0.29, 0.717) is 18.4 Å². The van der Waals surface area contributed by atoms with Gasteiger partial charge in [-0.2, -0.15) is 0 Å². The van der Waals surface area contributed by atoms with Crippen molar-refractivity contribution in [3.8, 4) is 0 Å². The van der Waals surface area contributed by atoms with Gasteiger partial charge in [0.1, 0.15) is 0 Å². The van der Waals surface area contributed by atoms with E-state index >= 15 is 0 Å². The summed E-state index contributed by atoms with van der Waals surface area (Å²) >= 11 is 0. The van der Waals surface area contributed by atoms with Crippen molar-refractivity contribution in [1.82, 2.24) is 9.80 Å². The Kier molecular flexibility index (Phi) is 4.62. The molecule has 0 aromatic carbocycles. The molecule has 0 saturated carbocycles. The summed E-state index contributed by atoms with van der Waals surface area (Å²) in [5.41, 5.74) is 5.87. The summed E-state index contributed by atoms with van der Waals surface area (Å²) < 4.78 is 0. The lowest BCUT2D eigenvalue weighted by atomic mass is 9.88. The Morgan fingerprint density at radius 1 is 1.22 bits per heavy atom. The highest BCUT2D eigenvalue weighted by molar-refractivity contribution is 5.79. The first-order chi connectivity index (χ1) is 8.63. The van der Waals surface area contributed by atoms with E-state index in [9.17, 15) is 4.79 Å². The summed E-state index contributed by atoms with van der Waals surface area (Å²) in [4.78, 5) is 17.0. The molecule has 1 amide bonds. The minimum absolute atomic E-state index is 0.237. The Balaban J connectivity index is 1.98. The number of nitrogens with zero attached hydrogens (tertiary/aromatic N) is 2. The maximum absolute atomic E-state index is 12.6.